The molecule has 1 fully saturated rings. The predicted molar refractivity (Wildman–Crippen MR) is 152 cm³/mol. The highest BCUT2D eigenvalue weighted by Crippen LogP contribution is 2.34. The Morgan fingerprint density at radius 3 is 2.57 bits per heavy atom. The fourth-order valence-corrected chi connectivity index (χ4v) is 4.45. The van der Waals surface area contributed by atoms with Crippen LogP contribution in [0.1, 0.15) is 41.5 Å². The van der Waals surface area contributed by atoms with Crippen LogP contribution in [0.2, 0.25) is 0 Å². The lowest BCUT2D eigenvalue weighted by Crippen LogP contribution is -2.14. The summed E-state index contributed by atoms with van der Waals surface area (Å²) in [7, 11) is 0. The minimum Gasteiger partial charge on any atom is -0.369 e. The van der Waals surface area contributed by atoms with E-state index >= 15 is 0 Å². The quantitative estimate of drug-likeness (QED) is 0.160. The number of imidazole rings is 2. The smallest absolute Gasteiger partial charge is 0.369 e. The van der Waals surface area contributed by atoms with E-state index in [2.05, 4.69) is 35.9 Å². The Balaban J connectivity index is 1.24. The highest BCUT2D eigenvalue weighted by atomic mass is 19.4. The molecule has 1 saturated carbocycles. The molecule has 3 aromatic heterocycles. The van der Waals surface area contributed by atoms with Crippen molar-refractivity contribution in [1.29, 1.82) is 0 Å². The summed E-state index contributed by atoms with van der Waals surface area (Å²) in [5.41, 5.74) is 2.13. The lowest BCUT2D eigenvalue weighted by atomic mass is 10.1. The van der Waals surface area contributed by atoms with Gasteiger partial charge in [0.2, 0.25) is 5.95 Å². The maximum absolute atomic E-state index is 13.7. The van der Waals surface area contributed by atoms with Gasteiger partial charge in [-0.1, -0.05) is 6.07 Å². The molecule has 0 aliphatic heterocycles. The normalized spacial score (nSPS) is 14.0. The number of nitrogens with zero attached hydrogens (tertiary/aromatic N) is 6. The third-order valence-electron chi connectivity index (χ3n) is 6.85. The average molecular weight is 576 g/mol. The summed E-state index contributed by atoms with van der Waals surface area (Å²) >= 11 is 0. The van der Waals surface area contributed by atoms with Gasteiger partial charge in [0.1, 0.15) is 18.0 Å². The minimum atomic E-state index is -4.60. The summed E-state index contributed by atoms with van der Waals surface area (Å²) in [5, 5.41) is 20.6. The van der Waals surface area contributed by atoms with Gasteiger partial charge >= 0.3 is 6.18 Å². The number of alkyl halides is 3. The second kappa shape index (κ2) is 10.8. The number of rotatable bonds is 9. The first kappa shape index (κ1) is 27.3. The van der Waals surface area contributed by atoms with Crippen LogP contribution in [-0.4, -0.2) is 40.2 Å². The fraction of sp³-hybridized carbons (Fsp3) is 0.241. The zero-order valence-corrected chi connectivity index (χ0v) is 22.8. The minimum absolute atomic E-state index is 0.0520. The van der Waals surface area contributed by atoms with Gasteiger partial charge in [-0.25, -0.2) is 19.9 Å². The van der Waals surface area contributed by atoms with Gasteiger partial charge < -0.3 is 25.6 Å². The van der Waals surface area contributed by atoms with Crippen LogP contribution in [0.4, 0.5) is 36.3 Å². The molecule has 10 nitrogen and oxygen atoms in total. The number of aromatic nitrogens is 6. The van der Waals surface area contributed by atoms with Gasteiger partial charge in [0, 0.05) is 53.3 Å². The van der Waals surface area contributed by atoms with E-state index in [-0.39, 0.29) is 11.3 Å². The van der Waals surface area contributed by atoms with E-state index in [0.717, 1.165) is 36.4 Å². The summed E-state index contributed by atoms with van der Waals surface area (Å²) in [6.45, 7) is 3.65. The molecule has 1 aliphatic carbocycles. The summed E-state index contributed by atoms with van der Waals surface area (Å²) in [4.78, 5) is 17.2. The molecule has 0 bridgehead atoms. The first-order valence-corrected chi connectivity index (χ1v) is 13.3. The number of benzene rings is 2. The Labute approximate surface area is 239 Å². The number of aryl methyl sites for hydroxylation is 2. The Hall–Kier alpha value is -4.91. The van der Waals surface area contributed by atoms with Crippen molar-refractivity contribution < 1.29 is 18.3 Å². The lowest BCUT2D eigenvalue weighted by molar-refractivity contribution is -0.137. The highest BCUT2D eigenvalue weighted by molar-refractivity contribution is 5.66. The third kappa shape index (κ3) is 6.05. The molecule has 0 radical (unpaired) electrons. The van der Waals surface area contributed by atoms with Gasteiger partial charge in [0.25, 0.3) is 0 Å². The van der Waals surface area contributed by atoms with Crippen molar-refractivity contribution in [3.05, 3.63) is 96.1 Å². The number of aliphatic hydroxyl groups is 1. The standard InChI is InChI=1S/C29H28F3N9O/c1-17-3-4-22(38-27(42)19-9-20(29(30,31)32)11-23(10-19)40-14-18(2)36-16-40)12-24(17)39-28-33-7-8-41(28)26-13-25(34-15-35-26)37-21-5-6-21/h3-4,7-16,21,27,38,42H,5-6H2,1-2H3,(H,33,39)(H,34,35,37). The van der Waals surface area contributed by atoms with E-state index < -0.39 is 18.0 Å². The summed E-state index contributed by atoms with van der Waals surface area (Å²) in [6, 6.07) is 11.1. The molecule has 0 spiro atoms. The first-order chi connectivity index (χ1) is 20.1. The largest absolute Gasteiger partial charge is 0.416 e. The monoisotopic (exact) mass is 575 g/mol. The van der Waals surface area contributed by atoms with Crippen molar-refractivity contribution >= 4 is 23.1 Å². The summed E-state index contributed by atoms with van der Waals surface area (Å²) in [6.07, 6.45) is 4.19. The lowest BCUT2D eigenvalue weighted by Gasteiger charge is -2.19. The van der Waals surface area contributed by atoms with Crippen LogP contribution in [0.5, 0.6) is 0 Å². The molecule has 4 N–H and O–H groups in total. The summed E-state index contributed by atoms with van der Waals surface area (Å²) in [5.74, 6) is 1.87. The van der Waals surface area contributed by atoms with E-state index in [0.29, 0.717) is 34.9 Å². The van der Waals surface area contributed by atoms with Crippen LogP contribution in [0.3, 0.4) is 0 Å². The molecule has 216 valence electrons. The number of halogens is 3. The Bertz CT molecular complexity index is 1730. The molecule has 5 aromatic rings. The van der Waals surface area contributed by atoms with Crippen molar-refractivity contribution in [3.63, 3.8) is 0 Å². The zero-order chi connectivity index (χ0) is 29.4. The zero-order valence-electron chi connectivity index (χ0n) is 22.8. The van der Waals surface area contributed by atoms with Crippen LogP contribution in [0.15, 0.2) is 73.7 Å². The molecule has 2 aromatic carbocycles. The van der Waals surface area contributed by atoms with Crippen molar-refractivity contribution in [3.8, 4) is 11.5 Å². The molecule has 13 heteroatoms. The third-order valence-corrected chi connectivity index (χ3v) is 6.85. The molecule has 1 atom stereocenters. The molecular formula is C29H28F3N9O. The maximum Gasteiger partial charge on any atom is 0.416 e. The van der Waals surface area contributed by atoms with E-state index in [1.54, 1.807) is 42.2 Å². The van der Waals surface area contributed by atoms with Crippen LogP contribution in [0, 0.1) is 13.8 Å². The molecule has 42 heavy (non-hydrogen) atoms. The molecule has 1 aliphatic rings. The van der Waals surface area contributed by atoms with E-state index in [4.69, 9.17) is 0 Å². The van der Waals surface area contributed by atoms with Gasteiger partial charge in [-0.2, -0.15) is 13.2 Å². The SMILES string of the molecule is Cc1cn(-c2cc(C(O)Nc3ccc(C)c(Nc4nccn4-c4cc(NC5CC5)ncn4)c3)cc(C(F)(F)F)c2)cn1. The molecule has 3 heterocycles. The fourth-order valence-electron chi connectivity index (χ4n) is 4.45. The first-order valence-electron chi connectivity index (χ1n) is 13.3. The maximum atomic E-state index is 13.7. The molecular weight excluding hydrogens is 547 g/mol. The van der Waals surface area contributed by atoms with Crippen LogP contribution in [0.25, 0.3) is 11.5 Å². The number of anilines is 4. The summed E-state index contributed by atoms with van der Waals surface area (Å²) < 4.78 is 44.4. The van der Waals surface area contributed by atoms with Gasteiger partial charge in [-0.05, 0) is 62.6 Å². The Morgan fingerprint density at radius 2 is 1.83 bits per heavy atom. The highest BCUT2D eigenvalue weighted by Gasteiger charge is 2.32. The predicted octanol–water partition coefficient (Wildman–Crippen LogP) is 5.90. The molecule has 6 rings (SSSR count). The molecule has 0 saturated heterocycles. The van der Waals surface area contributed by atoms with Crippen LogP contribution in [-0.2, 0) is 6.18 Å². The topological polar surface area (TPSA) is 118 Å². The van der Waals surface area contributed by atoms with Crippen molar-refractivity contribution in [2.24, 2.45) is 0 Å². The number of hydrogen-bond donors (Lipinski definition) is 4. The van der Waals surface area contributed by atoms with E-state index in [1.807, 2.05) is 19.1 Å². The van der Waals surface area contributed by atoms with Crippen LogP contribution >= 0.6 is 0 Å². The van der Waals surface area contributed by atoms with Gasteiger partial charge in [-0.15, -0.1) is 0 Å². The van der Waals surface area contributed by atoms with E-state index in [9.17, 15) is 18.3 Å². The second-order valence-electron chi connectivity index (χ2n) is 10.2. The van der Waals surface area contributed by atoms with Crippen LogP contribution < -0.4 is 16.0 Å². The van der Waals surface area contributed by atoms with E-state index in [1.165, 1.54) is 23.3 Å². The van der Waals surface area contributed by atoms with Gasteiger partial charge in [-0.3, -0.25) is 4.57 Å². The average Bonchev–Trinajstić information content (AvgIpc) is 3.46. The molecule has 0 amide bonds. The van der Waals surface area contributed by atoms with Crippen molar-refractivity contribution in [2.75, 3.05) is 16.0 Å². The number of nitrogens with one attached hydrogen (secondary N) is 3. The van der Waals surface area contributed by atoms with Gasteiger partial charge in [0.15, 0.2) is 6.23 Å². The second-order valence-corrected chi connectivity index (χ2v) is 10.2. The number of hydrogen-bond acceptors (Lipinski definition) is 8. The van der Waals surface area contributed by atoms with Gasteiger partial charge in [0.05, 0.1) is 17.6 Å². The Kier molecular flexibility index (Phi) is 7.02. The van der Waals surface area contributed by atoms with Crippen molar-refractivity contribution in [1.82, 2.24) is 29.1 Å². The number of aliphatic hydroxyl groups excluding tert-OH is 1. The van der Waals surface area contributed by atoms with Crippen molar-refractivity contribution in [2.45, 2.75) is 45.1 Å². The Morgan fingerprint density at radius 1 is 1.00 bits per heavy atom. The molecule has 1 unspecified atom stereocenters.